The standard InChI is InChI=1S/C13H14ClNO3/c14-10-3-5-15(6-4-10)13(16)9-1-2-11-12(7-9)18-8-17-11/h1-2,7,10H,3-6,8H2. The zero-order valence-electron chi connectivity index (χ0n) is 9.89. The van der Waals surface area contributed by atoms with E-state index in [0.717, 1.165) is 25.9 Å². The summed E-state index contributed by atoms with van der Waals surface area (Å²) in [5.74, 6) is 1.39. The minimum absolute atomic E-state index is 0.0388. The fourth-order valence-electron chi connectivity index (χ4n) is 2.26. The van der Waals surface area contributed by atoms with Crippen LogP contribution in [0.1, 0.15) is 23.2 Å². The number of fused-ring (bicyclic) bond motifs is 1. The maximum absolute atomic E-state index is 12.3. The van der Waals surface area contributed by atoms with Crippen LogP contribution in [0.4, 0.5) is 0 Å². The Labute approximate surface area is 110 Å². The van der Waals surface area contributed by atoms with Crippen molar-refractivity contribution in [1.29, 1.82) is 0 Å². The summed E-state index contributed by atoms with van der Waals surface area (Å²) in [7, 11) is 0. The first-order chi connectivity index (χ1) is 8.74. The van der Waals surface area contributed by atoms with Crippen LogP contribution in [0, 0.1) is 0 Å². The number of benzene rings is 1. The molecule has 0 unspecified atom stereocenters. The van der Waals surface area contributed by atoms with Gasteiger partial charge in [0.2, 0.25) is 6.79 Å². The molecule has 2 aliphatic heterocycles. The summed E-state index contributed by atoms with van der Waals surface area (Å²) in [6.07, 6.45) is 1.72. The molecule has 2 heterocycles. The molecule has 0 saturated carbocycles. The Bertz CT molecular complexity index is 469. The lowest BCUT2D eigenvalue weighted by atomic mass is 10.1. The van der Waals surface area contributed by atoms with Gasteiger partial charge < -0.3 is 14.4 Å². The molecular formula is C13H14ClNO3. The Balaban J connectivity index is 1.76. The van der Waals surface area contributed by atoms with E-state index in [4.69, 9.17) is 21.1 Å². The highest BCUT2D eigenvalue weighted by Gasteiger charge is 2.24. The minimum Gasteiger partial charge on any atom is -0.454 e. The van der Waals surface area contributed by atoms with Crippen LogP contribution in [0.2, 0.25) is 0 Å². The van der Waals surface area contributed by atoms with Crippen molar-refractivity contribution in [2.75, 3.05) is 19.9 Å². The zero-order chi connectivity index (χ0) is 12.5. The zero-order valence-corrected chi connectivity index (χ0v) is 10.7. The molecule has 96 valence electrons. The van der Waals surface area contributed by atoms with Crippen LogP contribution < -0.4 is 9.47 Å². The molecule has 1 saturated heterocycles. The van der Waals surface area contributed by atoms with E-state index in [1.165, 1.54) is 0 Å². The van der Waals surface area contributed by atoms with Gasteiger partial charge in [-0.05, 0) is 31.0 Å². The number of rotatable bonds is 1. The van der Waals surface area contributed by atoms with Crippen molar-refractivity contribution in [3.8, 4) is 11.5 Å². The van der Waals surface area contributed by atoms with E-state index in [1.54, 1.807) is 18.2 Å². The molecule has 1 aromatic rings. The smallest absolute Gasteiger partial charge is 0.253 e. The Kier molecular flexibility index (Phi) is 3.04. The predicted molar refractivity (Wildman–Crippen MR) is 67.3 cm³/mol. The van der Waals surface area contributed by atoms with Crippen LogP contribution >= 0.6 is 11.6 Å². The van der Waals surface area contributed by atoms with Gasteiger partial charge in [0.05, 0.1) is 0 Å². The molecule has 0 atom stereocenters. The summed E-state index contributed by atoms with van der Waals surface area (Å²) in [4.78, 5) is 14.1. The van der Waals surface area contributed by atoms with Gasteiger partial charge in [-0.25, -0.2) is 0 Å². The summed E-state index contributed by atoms with van der Waals surface area (Å²) in [6.45, 7) is 1.67. The van der Waals surface area contributed by atoms with Crippen molar-refractivity contribution < 1.29 is 14.3 Å². The van der Waals surface area contributed by atoms with Crippen LogP contribution in [0.5, 0.6) is 11.5 Å². The van der Waals surface area contributed by atoms with Crippen LogP contribution in [0.15, 0.2) is 18.2 Å². The Morgan fingerprint density at radius 2 is 1.94 bits per heavy atom. The van der Waals surface area contributed by atoms with E-state index >= 15 is 0 Å². The van der Waals surface area contributed by atoms with Gasteiger partial charge in [0.1, 0.15) is 0 Å². The van der Waals surface area contributed by atoms with Crippen molar-refractivity contribution in [2.24, 2.45) is 0 Å². The van der Waals surface area contributed by atoms with Gasteiger partial charge in [-0.15, -0.1) is 11.6 Å². The summed E-state index contributed by atoms with van der Waals surface area (Å²) < 4.78 is 10.5. The summed E-state index contributed by atoms with van der Waals surface area (Å²) in [5, 5.41) is 0.200. The molecule has 2 aliphatic rings. The van der Waals surface area contributed by atoms with Gasteiger partial charge in [-0.1, -0.05) is 0 Å². The maximum Gasteiger partial charge on any atom is 0.253 e. The van der Waals surface area contributed by atoms with Crippen LogP contribution in [-0.4, -0.2) is 36.1 Å². The van der Waals surface area contributed by atoms with E-state index in [0.29, 0.717) is 17.1 Å². The number of nitrogens with zero attached hydrogens (tertiary/aromatic N) is 1. The number of halogens is 1. The number of ether oxygens (including phenoxy) is 2. The number of alkyl halides is 1. The van der Waals surface area contributed by atoms with Crippen LogP contribution in [-0.2, 0) is 0 Å². The third-order valence-electron chi connectivity index (χ3n) is 3.33. The Morgan fingerprint density at radius 1 is 1.22 bits per heavy atom. The highest BCUT2D eigenvalue weighted by Crippen LogP contribution is 2.33. The number of hydrogen-bond acceptors (Lipinski definition) is 3. The summed E-state index contributed by atoms with van der Waals surface area (Å²) >= 11 is 6.03. The molecule has 1 aromatic carbocycles. The topological polar surface area (TPSA) is 38.8 Å². The van der Waals surface area contributed by atoms with Crippen molar-refractivity contribution in [3.63, 3.8) is 0 Å². The third kappa shape index (κ3) is 2.12. The van der Waals surface area contributed by atoms with Gasteiger partial charge in [0, 0.05) is 24.0 Å². The molecule has 5 heteroatoms. The number of hydrogen-bond donors (Lipinski definition) is 0. The van der Waals surface area contributed by atoms with E-state index < -0.39 is 0 Å². The number of piperidine rings is 1. The predicted octanol–water partition coefficient (Wildman–Crippen LogP) is 2.26. The molecule has 3 rings (SSSR count). The van der Waals surface area contributed by atoms with E-state index in [1.807, 2.05) is 4.90 Å². The van der Waals surface area contributed by atoms with E-state index in [-0.39, 0.29) is 18.1 Å². The number of amides is 1. The maximum atomic E-state index is 12.3. The quantitative estimate of drug-likeness (QED) is 0.733. The second-order valence-corrected chi connectivity index (χ2v) is 5.15. The second-order valence-electron chi connectivity index (χ2n) is 4.53. The van der Waals surface area contributed by atoms with E-state index in [2.05, 4.69) is 0 Å². The van der Waals surface area contributed by atoms with Crippen molar-refractivity contribution in [1.82, 2.24) is 4.90 Å². The Hall–Kier alpha value is -1.42. The van der Waals surface area contributed by atoms with Gasteiger partial charge in [-0.2, -0.15) is 0 Å². The van der Waals surface area contributed by atoms with Crippen LogP contribution in [0.3, 0.4) is 0 Å². The lowest BCUT2D eigenvalue weighted by Gasteiger charge is -2.29. The molecule has 0 aromatic heterocycles. The highest BCUT2D eigenvalue weighted by atomic mass is 35.5. The average molecular weight is 268 g/mol. The van der Waals surface area contributed by atoms with Gasteiger partial charge in [0.25, 0.3) is 5.91 Å². The first-order valence-corrected chi connectivity index (χ1v) is 6.50. The molecule has 1 fully saturated rings. The molecule has 0 spiro atoms. The van der Waals surface area contributed by atoms with Crippen LogP contribution in [0.25, 0.3) is 0 Å². The molecule has 18 heavy (non-hydrogen) atoms. The third-order valence-corrected chi connectivity index (χ3v) is 3.77. The minimum atomic E-state index is 0.0388. The van der Waals surface area contributed by atoms with Gasteiger partial charge in [0.15, 0.2) is 11.5 Å². The number of carbonyl (C=O) groups excluding carboxylic acids is 1. The molecule has 0 radical (unpaired) electrons. The fourth-order valence-corrected chi connectivity index (χ4v) is 2.46. The number of likely N-dealkylation sites (tertiary alicyclic amines) is 1. The van der Waals surface area contributed by atoms with Crippen molar-refractivity contribution in [2.45, 2.75) is 18.2 Å². The molecule has 4 nitrogen and oxygen atoms in total. The number of carbonyl (C=O) groups is 1. The first-order valence-electron chi connectivity index (χ1n) is 6.07. The summed E-state index contributed by atoms with van der Waals surface area (Å²) in [5.41, 5.74) is 0.646. The largest absolute Gasteiger partial charge is 0.454 e. The normalized spacial score (nSPS) is 19.1. The lowest BCUT2D eigenvalue weighted by Crippen LogP contribution is -2.38. The molecule has 0 aliphatic carbocycles. The second kappa shape index (κ2) is 4.69. The van der Waals surface area contributed by atoms with Crippen molar-refractivity contribution >= 4 is 17.5 Å². The monoisotopic (exact) mass is 267 g/mol. The lowest BCUT2D eigenvalue weighted by molar-refractivity contribution is 0.0726. The Morgan fingerprint density at radius 3 is 2.72 bits per heavy atom. The molecule has 0 N–H and O–H groups in total. The fraction of sp³-hybridized carbons (Fsp3) is 0.462. The SMILES string of the molecule is O=C(c1ccc2c(c1)OCO2)N1CCC(Cl)CC1. The highest BCUT2D eigenvalue weighted by molar-refractivity contribution is 6.20. The average Bonchev–Trinajstić information content (AvgIpc) is 2.86. The van der Waals surface area contributed by atoms with Crippen molar-refractivity contribution in [3.05, 3.63) is 23.8 Å². The van der Waals surface area contributed by atoms with Gasteiger partial charge in [-0.3, -0.25) is 4.79 Å². The van der Waals surface area contributed by atoms with E-state index in [9.17, 15) is 4.79 Å². The molecular weight excluding hydrogens is 254 g/mol. The molecule has 0 bridgehead atoms. The van der Waals surface area contributed by atoms with Gasteiger partial charge >= 0.3 is 0 Å². The molecule has 1 amide bonds. The first kappa shape index (κ1) is 11.7. The summed E-state index contributed by atoms with van der Waals surface area (Å²) in [6, 6.07) is 5.31.